The molecular formula is C11H9IN2S. The molecule has 4 heteroatoms. The van der Waals surface area contributed by atoms with Crippen LogP contribution in [-0.2, 0) is 5.41 Å². The van der Waals surface area contributed by atoms with E-state index in [0.29, 0.717) is 0 Å². The van der Waals surface area contributed by atoms with E-state index in [1.807, 2.05) is 0 Å². The van der Waals surface area contributed by atoms with E-state index in [4.69, 9.17) is 0 Å². The zero-order valence-electron chi connectivity index (χ0n) is 7.98. The van der Waals surface area contributed by atoms with Gasteiger partial charge in [0.1, 0.15) is 5.01 Å². The van der Waals surface area contributed by atoms with E-state index >= 15 is 0 Å². The molecule has 0 atom stereocenters. The lowest BCUT2D eigenvalue weighted by Gasteiger charge is -2.10. The van der Waals surface area contributed by atoms with Gasteiger partial charge >= 0.3 is 0 Å². The predicted octanol–water partition coefficient (Wildman–Crippen LogP) is 3.22. The molecule has 0 amide bonds. The van der Waals surface area contributed by atoms with Crippen LogP contribution >= 0.6 is 34.1 Å². The van der Waals surface area contributed by atoms with Crippen LogP contribution in [0.4, 0.5) is 0 Å². The first-order valence-electron chi connectivity index (χ1n) is 4.86. The summed E-state index contributed by atoms with van der Waals surface area (Å²) in [4.78, 5) is 4.52. The van der Waals surface area contributed by atoms with Gasteiger partial charge in [0.15, 0.2) is 0 Å². The molecule has 0 N–H and O–H groups in total. The molecule has 1 aliphatic carbocycles. The third-order valence-electron chi connectivity index (χ3n) is 2.89. The minimum atomic E-state index is 0.197. The fourth-order valence-corrected chi connectivity index (χ4v) is 3.44. The molecule has 0 bridgehead atoms. The quantitative estimate of drug-likeness (QED) is 0.791. The Kier molecular flexibility index (Phi) is 2.28. The molecule has 0 saturated heterocycles. The number of hydrogen-bond acceptors (Lipinski definition) is 3. The maximum atomic E-state index is 4.52. The third-order valence-corrected chi connectivity index (χ3v) is 4.62. The molecule has 0 aliphatic heterocycles. The summed E-state index contributed by atoms with van der Waals surface area (Å²) in [5, 5.41) is 1.18. The van der Waals surface area contributed by atoms with Gasteiger partial charge in [0, 0.05) is 28.0 Å². The van der Waals surface area contributed by atoms with Crippen molar-refractivity contribution in [2.75, 3.05) is 0 Å². The topological polar surface area (TPSA) is 25.8 Å². The fourth-order valence-electron chi connectivity index (χ4n) is 1.91. The predicted molar refractivity (Wildman–Crippen MR) is 69.1 cm³/mol. The van der Waals surface area contributed by atoms with Crippen LogP contribution < -0.4 is 0 Å². The molecule has 2 aromatic rings. The number of rotatable bonds is 2. The zero-order valence-corrected chi connectivity index (χ0v) is 11.0. The first-order chi connectivity index (χ1) is 7.31. The molecule has 76 valence electrons. The van der Waals surface area contributed by atoms with Gasteiger partial charge in [0.25, 0.3) is 0 Å². The van der Waals surface area contributed by atoms with Gasteiger partial charge < -0.3 is 0 Å². The van der Waals surface area contributed by atoms with Crippen molar-refractivity contribution in [3.63, 3.8) is 0 Å². The van der Waals surface area contributed by atoms with Gasteiger partial charge in [-0.3, -0.25) is 0 Å². The highest BCUT2D eigenvalue weighted by Crippen LogP contribution is 2.53. The Morgan fingerprint density at radius 2 is 1.93 bits per heavy atom. The molecule has 15 heavy (non-hydrogen) atoms. The number of hydrogen-bond donors (Lipinski definition) is 0. The maximum absolute atomic E-state index is 4.52. The van der Waals surface area contributed by atoms with E-state index in [1.54, 1.807) is 11.5 Å². The van der Waals surface area contributed by atoms with E-state index in [9.17, 15) is 0 Å². The van der Waals surface area contributed by atoms with Crippen molar-refractivity contribution in [1.82, 2.24) is 9.36 Å². The van der Waals surface area contributed by atoms with E-state index in [0.717, 1.165) is 3.83 Å². The highest BCUT2D eigenvalue weighted by molar-refractivity contribution is 14.1. The minimum Gasteiger partial charge on any atom is -0.214 e. The summed E-state index contributed by atoms with van der Waals surface area (Å²) in [7, 11) is 0. The van der Waals surface area contributed by atoms with E-state index in [2.05, 4.69) is 62.3 Å². The summed E-state index contributed by atoms with van der Waals surface area (Å²) < 4.78 is 5.14. The summed E-state index contributed by atoms with van der Waals surface area (Å²) in [5.41, 5.74) is 1.58. The van der Waals surface area contributed by atoms with Crippen LogP contribution in [-0.4, -0.2) is 9.36 Å². The normalized spacial score (nSPS) is 17.7. The molecule has 0 unspecified atom stereocenters. The Morgan fingerprint density at radius 1 is 1.20 bits per heavy atom. The van der Waals surface area contributed by atoms with Crippen LogP contribution in [0.5, 0.6) is 0 Å². The molecule has 3 rings (SSSR count). The van der Waals surface area contributed by atoms with Gasteiger partial charge in [-0.2, -0.15) is 4.37 Å². The van der Waals surface area contributed by atoms with E-state index in [1.165, 1.54) is 23.4 Å². The second-order valence-corrected chi connectivity index (χ2v) is 5.53. The summed E-state index contributed by atoms with van der Waals surface area (Å²) in [6, 6.07) is 10.6. The number of halogens is 1. The standard InChI is InChI=1S/C11H9IN2S/c12-10-13-9(15-14-10)11(6-7-11)8-4-2-1-3-5-8/h1-5H,6-7H2. The number of aromatic nitrogens is 2. The monoisotopic (exact) mass is 328 g/mol. The van der Waals surface area contributed by atoms with Crippen LogP contribution in [0.3, 0.4) is 0 Å². The zero-order chi connectivity index (χ0) is 10.3. The average Bonchev–Trinajstić information content (AvgIpc) is 2.98. The number of benzene rings is 1. The Hall–Kier alpha value is -0.490. The van der Waals surface area contributed by atoms with Crippen LogP contribution in [0.1, 0.15) is 23.4 Å². The lowest BCUT2D eigenvalue weighted by Crippen LogP contribution is -2.07. The van der Waals surface area contributed by atoms with Crippen LogP contribution in [0, 0.1) is 3.83 Å². The second kappa shape index (κ2) is 3.52. The Balaban J connectivity index is 2.05. The van der Waals surface area contributed by atoms with Gasteiger partial charge in [-0.25, -0.2) is 4.98 Å². The molecular weight excluding hydrogens is 319 g/mol. The van der Waals surface area contributed by atoms with Crippen molar-refractivity contribution < 1.29 is 0 Å². The molecule has 1 heterocycles. The van der Waals surface area contributed by atoms with Crippen molar-refractivity contribution in [3.05, 3.63) is 44.7 Å². The molecule has 1 fully saturated rings. The second-order valence-electron chi connectivity index (χ2n) is 3.82. The largest absolute Gasteiger partial charge is 0.214 e. The molecule has 0 radical (unpaired) electrons. The SMILES string of the molecule is Ic1nsc(C2(c3ccccc3)CC2)n1. The van der Waals surface area contributed by atoms with Crippen LogP contribution in [0.15, 0.2) is 30.3 Å². The molecule has 0 spiro atoms. The van der Waals surface area contributed by atoms with Crippen LogP contribution in [0.2, 0.25) is 0 Å². The first-order valence-corrected chi connectivity index (χ1v) is 6.72. The smallest absolute Gasteiger partial charge is 0.203 e. The van der Waals surface area contributed by atoms with E-state index < -0.39 is 0 Å². The fraction of sp³-hybridized carbons (Fsp3) is 0.273. The van der Waals surface area contributed by atoms with Gasteiger partial charge in [-0.1, -0.05) is 30.3 Å². The van der Waals surface area contributed by atoms with Crippen molar-refractivity contribution in [1.29, 1.82) is 0 Å². The van der Waals surface area contributed by atoms with Gasteiger partial charge in [-0.15, -0.1) is 0 Å². The summed E-state index contributed by atoms with van der Waals surface area (Å²) in [5.74, 6) is 0. The van der Waals surface area contributed by atoms with E-state index in [-0.39, 0.29) is 5.41 Å². The molecule has 1 aromatic carbocycles. The highest BCUT2D eigenvalue weighted by Gasteiger charge is 2.48. The summed E-state index contributed by atoms with van der Waals surface area (Å²) in [6.07, 6.45) is 2.42. The third kappa shape index (κ3) is 1.59. The lowest BCUT2D eigenvalue weighted by molar-refractivity contribution is 0.829. The van der Waals surface area contributed by atoms with Gasteiger partial charge in [0.2, 0.25) is 3.83 Å². The van der Waals surface area contributed by atoms with Gasteiger partial charge in [-0.05, 0) is 29.9 Å². The van der Waals surface area contributed by atoms with Crippen LogP contribution in [0.25, 0.3) is 0 Å². The minimum absolute atomic E-state index is 0.197. The molecule has 1 aliphatic rings. The van der Waals surface area contributed by atoms with Crippen molar-refractivity contribution in [2.24, 2.45) is 0 Å². The van der Waals surface area contributed by atoms with Crippen molar-refractivity contribution in [2.45, 2.75) is 18.3 Å². The number of nitrogens with zero attached hydrogens (tertiary/aromatic N) is 2. The average molecular weight is 328 g/mol. The summed E-state index contributed by atoms with van der Waals surface area (Å²) >= 11 is 3.72. The Bertz CT molecular complexity index is 476. The molecule has 1 saturated carbocycles. The van der Waals surface area contributed by atoms with Crippen molar-refractivity contribution in [3.8, 4) is 0 Å². The Labute approximate surface area is 106 Å². The van der Waals surface area contributed by atoms with Crippen molar-refractivity contribution >= 4 is 34.1 Å². The maximum Gasteiger partial charge on any atom is 0.203 e. The summed E-state index contributed by atoms with van der Waals surface area (Å²) in [6.45, 7) is 0. The highest BCUT2D eigenvalue weighted by atomic mass is 127. The lowest BCUT2D eigenvalue weighted by atomic mass is 9.97. The Morgan fingerprint density at radius 3 is 2.47 bits per heavy atom. The molecule has 2 nitrogen and oxygen atoms in total. The first kappa shape index (κ1) is 9.72. The molecule has 1 aromatic heterocycles. The van der Waals surface area contributed by atoms with Gasteiger partial charge in [0.05, 0.1) is 0 Å².